The molecule has 2 N–H and O–H groups in total. The van der Waals surface area contributed by atoms with Crippen LogP contribution in [-0.2, 0) is 17.8 Å². The van der Waals surface area contributed by atoms with Crippen molar-refractivity contribution < 1.29 is 14.6 Å². The Morgan fingerprint density at radius 2 is 1.92 bits per heavy atom. The highest BCUT2D eigenvalue weighted by molar-refractivity contribution is 6.24. The van der Waals surface area contributed by atoms with Crippen molar-refractivity contribution in [3.05, 3.63) is 76.7 Å². The number of carbonyl (C=O) groups excluding carboxylic acids is 1. The number of allylic oxidation sites excluding steroid dienone is 2. The molecule has 1 aliphatic rings. The van der Waals surface area contributed by atoms with Gasteiger partial charge in [0.25, 0.3) is 0 Å². The third-order valence-corrected chi connectivity index (χ3v) is 6.91. The zero-order valence-corrected chi connectivity index (χ0v) is 22.0. The number of aromatic nitrogens is 1. The van der Waals surface area contributed by atoms with Crippen LogP contribution in [0, 0.1) is 12.3 Å². The number of fused-ring (bicyclic) bond motifs is 1. The van der Waals surface area contributed by atoms with E-state index in [0.29, 0.717) is 38.0 Å². The smallest absolute Gasteiger partial charge is 0.168 e. The van der Waals surface area contributed by atoms with Crippen molar-refractivity contribution in [3.8, 4) is 5.75 Å². The standard InChI is InChI=1S/C31H38N2O3/c1-5-6-12-28(34)30-27(18-31(3,4)19-29(30)35)32-16-15-24-21(2)33-26-14-13-23(17-25(24)26)36-20-22-10-8-7-9-11-22/h7-11,13-14,17,33-34H,5-6,12,15-16,18-20H2,1-4H3/b30-28+,32-27?. The molecule has 1 heterocycles. The lowest BCUT2D eigenvalue weighted by atomic mass is 9.73. The van der Waals surface area contributed by atoms with Gasteiger partial charge in [-0.1, -0.05) is 57.5 Å². The molecular weight excluding hydrogens is 448 g/mol. The van der Waals surface area contributed by atoms with Gasteiger partial charge in [-0.3, -0.25) is 9.79 Å². The lowest BCUT2D eigenvalue weighted by Gasteiger charge is -2.31. The first-order valence-electron chi connectivity index (χ1n) is 13.0. The van der Waals surface area contributed by atoms with Crippen LogP contribution in [0.4, 0.5) is 0 Å². The Morgan fingerprint density at radius 3 is 2.67 bits per heavy atom. The number of hydrogen-bond acceptors (Lipinski definition) is 4. The topological polar surface area (TPSA) is 74.7 Å². The highest BCUT2D eigenvalue weighted by Gasteiger charge is 2.36. The van der Waals surface area contributed by atoms with Crippen LogP contribution in [0.5, 0.6) is 5.75 Å². The van der Waals surface area contributed by atoms with E-state index < -0.39 is 0 Å². The number of nitrogens with one attached hydrogen (secondary N) is 1. The molecule has 36 heavy (non-hydrogen) atoms. The molecule has 1 saturated carbocycles. The number of aliphatic hydroxyl groups excluding tert-OH is 1. The zero-order chi connectivity index (χ0) is 25.7. The lowest BCUT2D eigenvalue weighted by molar-refractivity contribution is -0.117. The van der Waals surface area contributed by atoms with Crippen LogP contribution < -0.4 is 4.74 Å². The summed E-state index contributed by atoms with van der Waals surface area (Å²) < 4.78 is 6.06. The molecule has 0 atom stereocenters. The molecule has 0 aliphatic heterocycles. The largest absolute Gasteiger partial charge is 0.511 e. The van der Waals surface area contributed by atoms with E-state index >= 15 is 0 Å². The SMILES string of the molecule is CCCC/C(O)=C1\C(=O)CC(C)(C)CC1=NCCc1c(C)[nH]c2ccc(OCc3ccccc3)cc12. The summed E-state index contributed by atoms with van der Waals surface area (Å²) in [4.78, 5) is 21.3. The molecule has 0 unspecified atom stereocenters. The van der Waals surface area contributed by atoms with Gasteiger partial charge in [-0.2, -0.15) is 0 Å². The quantitative estimate of drug-likeness (QED) is 0.244. The molecule has 0 spiro atoms. The summed E-state index contributed by atoms with van der Waals surface area (Å²) in [6.07, 6.45) is 4.27. The van der Waals surface area contributed by atoms with E-state index in [4.69, 9.17) is 9.73 Å². The first-order valence-corrected chi connectivity index (χ1v) is 13.0. The van der Waals surface area contributed by atoms with Gasteiger partial charge in [0.2, 0.25) is 0 Å². The third kappa shape index (κ3) is 6.07. The van der Waals surface area contributed by atoms with Crippen LogP contribution >= 0.6 is 0 Å². The molecule has 2 aromatic carbocycles. The maximum atomic E-state index is 12.9. The van der Waals surface area contributed by atoms with Gasteiger partial charge in [0, 0.05) is 41.7 Å². The summed E-state index contributed by atoms with van der Waals surface area (Å²) in [5.41, 5.74) is 5.62. The highest BCUT2D eigenvalue weighted by Crippen LogP contribution is 2.36. The summed E-state index contributed by atoms with van der Waals surface area (Å²) >= 11 is 0. The molecule has 1 aliphatic carbocycles. The summed E-state index contributed by atoms with van der Waals surface area (Å²) in [5, 5.41) is 11.8. The minimum atomic E-state index is -0.147. The Hall–Kier alpha value is -3.34. The molecule has 0 radical (unpaired) electrons. The number of aromatic amines is 1. The fourth-order valence-corrected chi connectivity index (χ4v) is 5.04. The maximum absolute atomic E-state index is 12.9. The van der Waals surface area contributed by atoms with Crippen LogP contribution in [0.15, 0.2) is 64.9 Å². The van der Waals surface area contributed by atoms with Gasteiger partial charge in [-0.15, -0.1) is 0 Å². The number of ether oxygens (including phenoxy) is 1. The second-order valence-corrected chi connectivity index (χ2v) is 10.7. The monoisotopic (exact) mass is 486 g/mol. The minimum Gasteiger partial charge on any atom is -0.511 e. The summed E-state index contributed by atoms with van der Waals surface area (Å²) in [5.74, 6) is 1.06. The number of aryl methyl sites for hydroxylation is 1. The number of hydrogen-bond donors (Lipinski definition) is 2. The molecule has 1 aromatic heterocycles. The van der Waals surface area contributed by atoms with E-state index in [1.165, 1.54) is 5.56 Å². The van der Waals surface area contributed by atoms with Gasteiger partial charge < -0.3 is 14.8 Å². The van der Waals surface area contributed by atoms with Crippen LogP contribution in [-0.4, -0.2) is 28.1 Å². The molecule has 190 valence electrons. The number of carbonyl (C=O) groups is 1. The van der Waals surface area contributed by atoms with Crippen LogP contribution in [0.2, 0.25) is 0 Å². The first kappa shape index (κ1) is 25.7. The number of unbranched alkanes of at least 4 members (excludes halogenated alkanes) is 1. The molecule has 5 heteroatoms. The number of aliphatic imine (C=N–C) groups is 1. The molecular formula is C31H38N2O3. The number of rotatable bonds is 9. The van der Waals surface area contributed by atoms with E-state index in [9.17, 15) is 9.90 Å². The second kappa shape index (κ2) is 11.2. The van der Waals surface area contributed by atoms with Crippen molar-refractivity contribution in [2.45, 2.75) is 72.8 Å². The van der Waals surface area contributed by atoms with Crippen molar-refractivity contribution in [2.24, 2.45) is 10.4 Å². The highest BCUT2D eigenvalue weighted by atomic mass is 16.5. The van der Waals surface area contributed by atoms with Crippen LogP contribution in [0.3, 0.4) is 0 Å². The number of H-pyrrole nitrogens is 1. The number of Topliss-reactive ketones (excluding diaryl/α,β-unsaturated/α-hetero) is 1. The Bertz CT molecular complexity index is 1280. The Kier molecular flexibility index (Phi) is 7.97. The number of ketones is 1. The van der Waals surface area contributed by atoms with E-state index in [1.807, 2.05) is 24.3 Å². The summed E-state index contributed by atoms with van der Waals surface area (Å²) in [6.45, 7) is 9.45. The van der Waals surface area contributed by atoms with Gasteiger partial charge in [-0.05, 0) is 60.9 Å². The zero-order valence-electron chi connectivity index (χ0n) is 22.0. The normalized spacial score (nSPS) is 18.1. The minimum absolute atomic E-state index is 0.0158. The van der Waals surface area contributed by atoms with Gasteiger partial charge in [-0.25, -0.2) is 0 Å². The molecule has 0 bridgehead atoms. The molecule has 4 rings (SSSR count). The van der Waals surface area contributed by atoms with Crippen LogP contribution in [0.25, 0.3) is 10.9 Å². The van der Waals surface area contributed by atoms with Gasteiger partial charge in [0.1, 0.15) is 18.1 Å². The molecule has 1 fully saturated rings. The average Bonchev–Trinajstić information content (AvgIpc) is 3.15. The first-order chi connectivity index (χ1) is 17.3. The van der Waals surface area contributed by atoms with Crippen molar-refractivity contribution >= 4 is 22.4 Å². The Morgan fingerprint density at radius 1 is 1.14 bits per heavy atom. The fraction of sp³-hybridized carbons (Fsp3) is 0.419. The average molecular weight is 487 g/mol. The van der Waals surface area contributed by atoms with Gasteiger partial charge in [0.05, 0.1) is 5.57 Å². The van der Waals surface area contributed by atoms with E-state index in [-0.39, 0.29) is 17.0 Å². The van der Waals surface area contributed by atoms with Gasteiger partial charge >= 0.3 is 0 Å². The molecule has 5 nitrogen and oxygen atoms in total. The number of benzene rings is 2. The lowest BCUT2D eigenvalue weighted by Crippen LogP contribution is -2.33. The molecule has 3 aromatic rings. The molecule has 0 amide bonds. The molecule has 0 saturated heterocycles. The van der Waals surface area contributed by atoms with Crippen molar-refractivity contribution in [1.82, 2.24) is 4.98 Å². The van der Waals surface area contributed by atoms with Crippen LogP contribution in [0.1, 0.15) is 69.7 Å². The Labute approximate surface area is 214 Å². The number of nitrogens with zero attached hydrogens (tertiary/aromatic N) is 1. The second-order valence-electron chi connectivity index (χ2n) is 10.7. The van der Waals surface area contributed by atoms with Gasteiger partial charge in [0.15, 0.2) is 5.78 Å². The predicted molar refractivity (Wildman–Crippen MR) is 147 cm³/mol. The van der Waals surface area contributed by atoms with E-state index in [0.717, 1.165) is 52.9 Å². The fourth-order valence-electron chi connectivity index (χ4n) is 5.04. The number of aliphatic hydroxyl groups is 1. The Balaban J connectivity index is 1.54. The van der Waals surface area contributed by atoms with E-state index in [2.05, 4.69) is 56.9 Å². The van der Waals surface area contributed by atoms with E-state index in [1.54, 1.807) is 0 Å². The third-order valence-electron chi connectivity index (χ3n) is 6.91. The van der Waals surface area contributed by atoms with Crippen molar-refractivity contribution in [1.29, 1.82) is 0 Å². The summed E-state index contributed by atoms with van der Waals surface area (Å²) in [6, 6.07) is 16.3. The van der Waals surface area contributed by atoms with Crippen molar-refractivity contribution in [2.75, 3.05) is 6.54 Å². The predicted octanol–water partition coefficient (Wildman–Crippen LogP) is 7.43. The summed E-state index contributed by atoms with van der Waals surface area (Å²) in [7, 11) is 0. The maximum Gasteiger partial charge on any atom is 0.168 e. The van der Waals surface area contributed by atoms with Crippen molar-refractivity contribution in [3.63, 3.8) is 0 Å².